The van der Waals surface area contributed by atoms with Gasteiger partial charge in [0.2, 0.25) is 0 Å². The number of nitrogens with one attached hydrogen (secondary N) is 1. The summed E-state index contributed by atoms with van der Waals surface area (Å²) < 4.78 is 36.5. The van der Waals surface area contributed by atoms with E-state index in [2.05, 4.69) is 5.32 Å². The molecule has 1 aliphatic heterocycles. The van der Waals surface area contributed by atoms with Gasteiger partial charge in [-0.2, -0.15) is 0 Å². The summed E-state index contributed by atoms with van der Waals surface area (Å²) >= 11 is 0. The number of carbonyl (C=O) groups excluding carboxylic acids is 1. The van der Waals surface area contributed by atoms with Gasteiger partial charge in [-0.15, -0.1) is 0 Å². The van der Waals surface area contributed by atoms with Crippen LogP contribution in [-0.2, 0) is 18.8 Å². The molecule has 1 aliphatic rings. The number of aromatic nitrogens is 2. The van der Waals surface area contributed by atoms with Crippen LogP contribution in [0.3, 0.4) is 0 Å². The van der Waals surface area contributed by atoms with Gasteiger partial charge in [-0.25, -0.2) is 13.6 Å². The van der Waals surface area contributed by atoms with E-state index in [1.807, 2.05) is 4.90 Å². The molecule has 2 aromatic carbocycles. The number of hydrogen-bond acceptors (Lipinski definition) is 4. The van der Waals surface area contributed by atoms with Crippen LogP contribution in [0.1, 0.15) is 10.4 Å². The van der Waals surface area contributed by atoms with E-state index in [0.29, 0.717) is 48.7 Å². The first-order valence-electron chi connectivity index (χ1n) is 9.16. The summed E-state index contributed by atoms with van der Waals surface area (Å²) in [6.07, 6.45) is 0. The fourth-order valence-electron chi connectivity index (χ4n) is 3.60. The van der Waals surface area contributed by atoms with Crippen molar-refractivity contribution in [1.82, 2.24) is 9.13 Å². The molecular formula is C20H20F2N4O3. The Hall–Kier alpha value is -3.20. The number of benzene rings is 2. The molecule has 7 nitrogen and oxygen atoms in total. The Kier molecular flexibility index (Phi) is 4.83. The number of fused-ring (bicyclic) bond motifs is 1. The van der Waals surface area contributed by atoms with Crippen LogP contribution < -0.4 is 15.9 Å². The number of amides is 1. The van der Waals surface area contributed by atoms with Crippen LogP contribution in [0.15, 0.2) is 35.1 Å². The summed E-state index contributed by atoms with van der Waals surface area (Å²) in [7, 11) is 3.29. The minimum atomic E-state index is -0.941. The van der Waals surface area contributed by atoms with E-state index in [9.17, 15) is 18.4 Å². The molecule has 0 bridgehead atoms. The Balaban J connectivity index is 1.84. The second-order valence-electron chi connectivity index (χ2n) is 6.91. The van der Waals surface area contributed by atoms with Crippen molar-refractivity contribution < 1.29 is 18.3 Å². The SMILES string of the molecule is Cn1c(=O)n(C)c2cc(N3CCOCC3)c(NC(=O)c3c(F)cccc3F)cc21. The molecule has 1 saturated heterocycles. The summed E-state index contributed by atoms with van der Waals surface area (Å²) in [5.74, 6) is -2.78. The van der Waals surface area contributed by atoms with Crippen LogP contribution >= 0.6 is 0 Å². The third-order valence-corrected chi connectivity index (χ3v) is 5.18. The maximum absolute atomic E-state index is 14.1. The Morgan fingerprint density at radius 1 is 1.03 bits per heavy atom. The van der Waals surface area contributed by atoms with Crippen molar-refractivity contribution in [1.29, 1.82) is 0 Å². The monoisotopic (exact) mass is 402 g/mol. The molecule has 0 spiro atoms. The van der Waals surface area contributed by atoms with Gasteiger partial charge in [0.05, 0.1) is 35.6 Å². The predicted octanol–water partition coefficient (Wildman–Crippen LogP) is 2.24. The fourth-order valence-corrected chi connectivity index (χ4v) is 3.60. The van der Waals surface area contributed by atoms with E-state index in [0.717, 1.165) is 12.1 Å². The van der Waals surface area contributed by atoms with Crippen LogP contribution in [0.4, 0.5) is 20.2 Å². The standard InChI is InChI=1S/C20H20F2N4O3/c1-24-16-10-14(23-19(27)18-12(21)4-3-5-13(18)22)15(26-6-8-29-9-7-26)11-17(16)25(2)20(24)28/h3-5,10-11H,6-9H2,1-2H3,(H,23,27). The van der Waals surface area contributed by atoms with E-state index in [-0.39, 0.29) is 5.69 Å². The van der Waals surface area contributed by atoms with Crippen molar-refractivity contribution in [3.63, 3.8) is 0 Å². The zero-order valence-corrected chi connectivity index (χ0v) is 16.0. The lowest BCUT2D eigenvalue weighted by Crippen LogP contribution is -2.36. The van der Waals surface area contributed by atoms with Crippen molar-refractivity contribution in [3.8, 4) is 0 Å². The number of halogens is 2. The van der Waals surface area contributed by atoms with Gasteiger partial charge in [0.15, 0.2) is 0 Å². The summed E-state index contributed by atoms with van der Waals surface area (Å²) in [5.41, 5.74) is 1.45. The van der Waals surface area contributed by atoms with E-state index in [4.69, 9.17) is 4.74 Å². The normalized spacial score (nSPS) is 14.4. The lowest BCUT2D eigenvalue weighted by Gasteiger charge is -2.30. The number of anilines is 2. The third-order valence-electron chi connectivity index (χ3n) is 5.18. The molecule has 0 saturated carbocycles. The molecule has 0 radical (unpaired) electrons. The van der Waals surface area contributed by atoms with Crippen molar-refractivity contribution in [2.45, 2.75) is 0 Å². The number of carbonyl (C=O) groups is 1. The minimum Gasteiger partial charge on any atom is -0.378 e. The van der Waals surface area contributed by atoms with Gasteiger partial charge in [-0.05, 0) is 24.3 Å². The zero-order valence-electron chi connectivity index (χ0n) is 16.0. The Morgan fingerprint density at radius 3 is 2.24 bits per heavy atom. The predicted molar refractivity (Wildman–Crippen MR) is 106 cm³/mol. The van der Waals surface area contributed by atoms with E-state index < -0.39 is 23.1 Å². The number of morpholine rings is 1. The Morgan fingerprint density at radius 2 is 1.62 bits per heavy atom. The van der Waals surface area contributed by atoms with Gasteiger partial charge >= 0.3 is 5.69 Å². The van der Waals surface area contributed by atoms with Crippen molar-refractivity contribution in [2.75, 3.05) is 36.5 Å². The van der Waals surface area contributed by atoms with Gasteiger partial charge < -0.3 is 15.0 Å². The maximum Gasteiger partial charge on any atom is 0.328 e. The largest absolute Gasteiger partial charge is 0.378 e. The number of rotatable bonds is 3. The summed E-state index contributed by atoms with van der Waals surface area (Å²) in [6, 6.07) is 6.72. The van der Waals surface area contributed by atoms with Crippen LogP contribution in [-0.4, -0.2) is 41.3 Å². The number of ether oxygens (including phenoxy) is 1. The number of aryl methyl sites for hydroxylation is 2. The van der Waals surface area contributed by atoms with Gasteiger partial charge in [-0.3, -0.25) is 13.9 Å². The molecule has 1 amide bonds. The van der Waals surface area contributed by atoms with Crippen LogP contribution in [0.25, 0.3) is 11.0 Å². The van der Waals surface area contributed by atoms with Crippen molar-refractivity contribution in [3.05, 3.63) is 58.0 Å². The summed E-state index contributed by atoms with van der Waals surface area (Å²) in [4.78, 5) is 27.0. The topological polar surface area (TPSA) is 68.5 Å². The van der Waals surface area contributed by atoms with Crippen LogP contribution in [0.5, 0.6) is 0 Å². The zero-order chi connectivity index (χ0) is 20.7. The van der Waals surface area contributed by atoms with Crippen LogP contribution in [0, 0.1) is 11.6 Å². The number of nitrogens with zero attached hydrogens (tertiary/aromatic N) is 3. The smallest absolute Gasteiger partial charge is 0.328 e. The molecule has 4 rings (SSSR count). The Bertz CT molecular complexity index is 1140. The van der Waals surface area contributed by atoms with Crippen molar-refractivity contribution >= 4 is 28.3 Å². The molecule has 29 heavy (non-hydrogen) atoms. The molecule has 0 atom stereocenters. The van der Waals surface area contributed by atoms with Crippen molar-refractivity contribution in [2.24, 2.45) is 14.1 Å². The molecule has 9 heteroatoms. The van der Waals surface area contributed by atoms with E-state index in [1.54, 1.807) is 26.2 Å². The highest BCUT2D eigenvalue weighted by Crippen LogP contribution is 2.32. The van der Waals surface area contributed by atoms with Gasteiger partial charge in [0.25, 0.3) is 5.91 Å². The Labute approximate surface area is 165 Å². The highest BCUT2D eigenvalue weighted by atomic mass is 19.1. The molecule has 1 fully saturated rings. The number of imidazole rings is 1. The van der Waals surface area contributed by atoms with Crippen LogP contribution in [0.2, 0.25) is 0 Å². The second kappa shape index (κ2) is 7.32. The third kappa shape index (κ3) is 3.27. The summed E-state index contributed by atoms with van der Waals surface area (Å²) in [6.45, 7) is 2.20. The lowest BCUT2D eigenvalue weighted by atomic mass is 10.1. The molecule has 0 unspecified atom stereocenters. The minimum absolute atomic E-state index is 0.212. The number of hydrogen-bond donors (Lipinski definition) is 1. The molecule has 2 heterocycles. The quantitative estimate of drug-likeness (QED) is 0.730. The molecule has 152 valence electrons. The molecular weight excluding hydrogens is 382 g/mol. The first kappa shape index (κ1) is 19.1. The first-order valence-corrected chi connectivity index (χ1v) is 9.16. The first-order chi connectivity index (χ1) is 13.9. The average molecular weight is 402 g/mol. The second-order valence-corrected chi connectivity index (χ2v) is 6.91. The van der Waals surface area contributed by atoms with Gasteiger partial charge in [-0.1, -0.05) is 6.07 Å². The summed E-state index contributed by atoms with van der Waals surface area (Å²) in [5, 5.41) is 2.63. The maximum atomic E-state index is 14.1. The van der Waals surface area contributed by atoms with Gasteiger partial charge in [0, 0.05) is 27.2 Å². The molecule has 3 aromatic rings. The fraction of sp³-hybridized carbons (Fsp3) is 0.300. The van der Waals surface area contributed by atoms with Gasteiger partial charge in [0.1, 0.15) is 17.2 Å². The van der Waals surface area contributed by atoms with E-state index >= 15 is 0 Å². The highest BCUT2D eigenvalue weighted by molar-refractivity contribution is 6.07. The lowest BCUT2D eigenvalue weighted by molar-refractivity contribution is 0.101. The average Bonchev–Trinajstić information content (AvgIpc) is 2.92. The van der Waals surface area contributed by atoms with E-state index in [1.165, 1.54) is 15.2 Å². The molecule has 0 aliphatic carbocycles. The highest BCUT2D eigenvalue weighted by Gasteiger charge is 2.23. The molecule has 1 N–H and O–H groups in total. The molecule has 1 aromatic heterocycles.